The largest absolute Gasteiger partial charge is 0.497 e. The molecule has 0 spiro atoms. The minimum absolute atomic E-state index is 0.239. The Kier molecular flexibility index (Phi) is 5.24. The molecule has 8 heteroatoms. The third kappa shape index (κ3) is 3.83. The minimum Gasteiger partial charge on any atom is -0.497 e. The molecule has 1 saturated heterocycles. The quantitative estimate of drug-likeness (QED) is 0.691. The Morgan fingerprint density at radius 3 is 2.69 bits per heavy atom. The summed E-state index contributed by atoms with van der Waals surface area (Å²) in [6.07, 6.45) is 4.16. The molecule has 0 atom stereocenters. The van der Waals surface area contributed by atoms with Crippen molar-refractivity contribution in [1.29, 1.82) is 0 Å². The Bertz CT molecular complexity index is 1040. The first kappa shape index (κ1) is 19.0. The van der Waals surface area contributed by atoms with Crippen molar-refractivity contribution in [3.63, 3.8) is 0 Å². The summed E-state index contributed by atoms with van der Waals surface area (Å²) < 4.78 is 12.4. The third-order valence-electron chi connectivity index (χ3n) is 5.13. The van der Waals surface area contributed by atoms with Crippen LogP contribution >= 0.6 is 0 Å². The molecule has 1 aromatic carbocycles. The number of aromatic nitrogens is 3. The van der Waals surface area contributed by atoms with Crippen molar-refractivity contribution >= 4 is 17.2 Å². The molecule has 0 saturated carbocycles. The number of amides is 1. The van der Waals surface area contributed by atoms with Crippen LogP contribution in [0, 0.1) is 6.92 Å². The molecule has 0 bridgehead atoms. The maximum atomic E-state index is 12.7. The fourth-order valence-corrected chi connectivity index (χ4v) is 3.63. The first-order chi connectivity index (χ1) is 14.1. The summed E-state index contributed by atoms with van der Waals surface area (Å²) in [5.74, 6) is 2.02. The Labute approximate surface area is 169 Å². The number of ether oxygens (including phenoxy) is 2. The van der Waals surface area contributed by atoms with E-state index in [0.717, 1.165) is 48.5 Å². The molecule has 0 unspecified atom stereocenters. The second kappa shape index (κ2) is 7.98. The zero-order valence-corrected chi connectivity index (χ0v) is 16.9. The molecule has 4 rings (SSSR count). The van der Waals surface area contributed by atoms with Crippen LogP contribution in [0.3, 0.4) is 0 Å². The molecule has 8 nitrogen and oxygen atoms in total. The van der Waals surface area contributed by atoms with E-state index in [4.69, 9.17) is 14.5 Å². The van der Waals surface area contributed by atoms with Crippen molar-refractivity contribution < 1.29 is 14.3 Å². The van der Waals surface area contributed by atoms with Crippen LogP contribution < -0.4 is 19.7 Å². The maximum Gasteiger partial charge on any atom is 0.272 e. The number of carbonyl (C=O) groups excluding carboxylic acids is 1. The van der Waals surface area contributed by atoms with Crippen LogP contribution in [-0.2, 0) is 6.54 Å². The summed E-state index contributed by atoms with van der Waals surface area (Å²) in [6, 6.07) is 7.32. The van der Waals surface area contributed by atoms with E-state index in [1.165, 1.54) is 0 Å². The van der Waals surface area contributed by atoms with Crippen molar-refractivity contribution in [2.24, 2.45) is 0 Å². The van der Waals surface area contributed by atoms with Gasteiger partial charge in [-0.05, 0) is 31.9 Å². The molecule has 1 amide bonds. The van der Waals surface area contributed by atoms with Gasteiger partial charge in [0, 0.05) is 37.3 Å². The van der Waals surface area contributed by atoms with Crippen LogP contribution in [0.5, 0.6) is 11.5 Å². The van der Waals surface area contributed by atoms with Crippen LogP contribution in [0.25, 0.3) is 5.52 Å². The summed E-state index contributed by atoms with van der Waals surface area (Å²) in [5, 5.41) is 7.40. The van der Waals surface area contributed by atoms with Gasteiger partial charge < -0.3 is 19.7 Å². The van der Waals surface area contributed by atoms with E-state index in [-0.39, 0.29) is 5.91 Å². The van der Waals surface area contributed by atoms with Gasteiger partial charge in [-0.3, -0.25) is 4.79 Å². The fourth-order valence-electron chi connectivity index (χ4n) is 3.63. The highest BCUT2D eigenvalue weighted by Crippen LogP contribution is 2.26. The van der Waals surface area contributed by atoms with Gasteiger partial charge in [0.25, 0.3) is 5.91 Å². The highest BCUT2D eigenvalue weighted by molar-refractivity contribution is 5.94. The SMILES string of the molecule is COc1ccc(CNC(=O)c2cc3c(N4CCCC4)nc(C)cn3n2)c(OC)c1. The highest BCUT2D eigenvalue weighted by atomic mass is 16.5. The molecule has 29 heavy (non-hydrogen) atoms. The molecule has 1 aliphatic heterocycles. The molecule has 0 radical (unpaired) electrons. The first-order valence-corrected chi connectivity index (χ1v) is 9.70. The van der Waals surface area contributed by atoms with E-state index in [1.54, 1.807) is 30.9 Å². The van der Waals surface area contributed by atoms with Gasteiger partial charge in [0.1, 0.15) is 17.0 Å². The summed E-state index contributed by atoms with van der Waals surface area (Å²) in [4.78, 5) is 19.7. The zero-order chi connectivity index (χ0) is 20.4. The Morgan fingerprint density at radius 2 is 1.97 bits per heavy atom. The van der Waals surface area contributed by atoms with Crippen LogP contribution in [0.4, 0.5) is 5.82 Å². The summed E-state index contributed by atoms with van der Waals surface area (Å²) in [5.41, 5.74) is 2.95. The fraction of sp³-hybridized carbons (Fsp3) is 0.381. The number of methoxy groups -OCH3 is 2. The second-order valence-corrected chi connectivity index (χ2v) is 7.12. The average molecular weight is 395 g/mol. The lowest BCUT2D eigenvalue weighted by molar-refractivity contribution is 0.0945. The lowest BCUT2D eigenvalue weighted by atomic mass is 10.2. The van der Waals surface area contributed by atoms with Crippen molar-refractivity contribution in [1.82, 2.24) is 19.9 Å². The predicted molar refractivity (Wildman–Crippen MR) is 110 cm³/mol. The molecule has 2 aromatic heterocycles. The van der Waals surface area contributed by atoms with Gasteiger partial charge in [0.15, 0.2) is 11.5 Å². The number of carbonyl (C=O) groups is 1. The van der Waals surface area contributed by atoms with Gasteiger partial charge in [-0.25, -0.2) is 9.50 Å². The summed E-state index contributed by atoms with van der Waals surface area (Å²) >= 11 is 0. The number of aryl methyl sites for hydroxylation is 1. The van der Waals surface area contributed by atoms with Crippen molar-refractivity contribution in [3.05, 3.63) is 47.4 Å². The van der Waals surface area contributed by atoms with Crippen LogP contribution in [0.1, 0.15) is 34.6 Å². The van der Waals surface area contributed by atoms with E-state index >= 15 is 0 Å². The van der Waals surface area contributed by atoms with Gasteiger partial charge in [0.05, 0.1) is 26.1 Å². The van der Waals surface area contributed by atoms with Gasteiger partial charge in [0.2, 0.25) is 0 Å². The lowest BCUT2D eigenvalue weighted by Crippen LogP contribution is -2.23. The lowest BCUT2D eigenvalue weighted by Gasteiger charge is -2.17. The van der Waals surface area contributed by atoms with Gasteiger partial charge in [-0.2, -0.15) is 5.10 Å². The first-order valence-electron chi connectivity index (χ1n) is 9.70. The summed E-state index contributed by atoms with van der Waals surface area (Å²) in [6.45, 7) is 4.23. The third-order valence-corrected chi connectivity index (χ3v) is 5.13. The van der Waals surface area contributed by atoms with E-state index in [9.17, 15) is 4.79 Å². The van der Waals surface area contributed by atoms with Crippen molar-refractivity contribution in [2.45, 2.75) is 26.3 Å². The molecule has 1 aliphatic rings. The Morgan fingerprint density at radius 1 is 1.17 bits per heavy atom. The number of benzene rings is 1. The van der Waals surface area contributed by atoms with Crippen LogP contribution in [0.2, 0.25) is 0 Å². The smallest absolute Gasteiger partial charge is 0.272 e. The number of hydrogen-bond donors (Lipinski definition) is 1. The summed E-state index contributed by atoms with van der Waals surface area (Å²) in [7, 11) is 3.20. The normalized spacial score (nSPS) is 13.7. The number of nitrogens with zero attached hydrogens (tertiary/aromatic N) is 4. The number of anilines is 1. The average Bonchev–Trinajstić information content (AvgIpc) is 3.41. The maximum absolute atomic E-state index is 12.7. The topological polar surface area (TPSA) is 81.0 Å². The minimum atomic E-state index is -0.239. The van der Waals surface area contributed by atoms with Crippen molar-refractivity contribution in [2.75, 3.05) is 32.2 Å². The molecule has 3 heterocycles. The predicted octanol–water partition coefficient (Wildman–Crippen LogP) is 2.59. The van der Waals surface area contributed by atoms with Gasteiger partial charge >= 0.3 is 0 Å². The Hall–Kier alpha value is -3.29. The number of rotatable bonds is 6. The monoisotopic (exact) mass is 395 g/mol. The molecule has 1 N–H and O–H groups in total. The van der Waals surface area contributed by atoms with Crippen molar-refractivity contribution in [3.8, 4) is 11.5 Å². The second-order valence-electron chi connectivity index (χ2n) is 7.12. The van der Waals surface area contributed by atoms with E-state index < -0.39 is 0 Å². The highest BCUT2D eigenvalue weighted by Gasteiger charge is 2.20. The number of hydrogen-bond acceptors (Lipinski definition) is 6. The number of nitrogens with one attached hydrogen (secondary N) is 1. The number of fused-ring (bicyclic) bond motifs is 1. The standard InChI is InChI=1S/C21H25N5O3/c1-14-13-26-18(20(23-14)25-8-4-5-9-25)11-17(24-26)21(27)22-12-15-6-7-16(28-2)10-19(15)29-3/h6-7,10-11,13H,4-5,8-9,12H2,1-3H3,(H,22,27). The van der Waals surface area contributed by atoms with E-state index in [2.05, 4.69) is 15.3 Å². The molecule has 3 aromatic rings. The zero-order valence-electron chi connectivity index (χ0n) is 16.9. The van der Waals surface area contributed by atoms with Gasteiger partial charge in [-0.1, -0.05) is 0 Å². The van der Waals surface area contributed by atoms with Crippen LogP contribution in [0.15, 0.2) is 30.5 Å². The van der Waals surface area contributed by atoms with E-state index in [1.807, 2.05) is 25.3 Å². The molecule has 152 valence electrons. The Balaban J connectivity index is 1.55. The van der Waals surface area contributed by atoms with E-state index in [0.29, 0.717) is 23.7 Å². The molecular weight excluding hydrogens is 370 g/mol. The van der Waals surface area contributed by atoms with Gasteiger partial charge in [-0.15, -0.1) is 0 Å². The molecule has 1 fully saturated rings. The van der Waals surface area contributed by atoms with Crippen LogP contribution in [-0.4, -0.2) is 47.8 Å². The molecular formula is C21H25N5O3. The molecule has 0 aliphatic carbocycles.